The van der Waals surface area contributed by atoms with E-state index < -0.39 is 0 Å². The molecule has 0 aliphatic carbocycles. The van der Waals surface area contributed by atoms with E-state index in [-0.39, 0.29) is 5.78 Å². The number of rotatable bonds is 6. The van der Waals surface area contributed by atoms with Crippen molar-refractivity contribution in [3.05, 3.63) is 53.5 Å². The summed E-state index contributed by atoms with van der Waals surface area (Å²) in [7, 11) is 1.95. The number of thioether (sulfide) groups is 1. The summed E-state index contributed by atoms with van der Waals surface area (Å²) in [5, 5.41) is 0. The molecule has 0 spiro atoms. The van der Waals surface area contributed by atoms with E-state index >= 15 is 0 Å². The fourth-order valence-electron chi connectivity index (χ4n) is 2.04. The maximum atomic E-state index is 12.2. The lowest BCUT2D eigenvalue weighted by Gasteiger charge is -2.15. The Bertz CT molecular complexity index is 574. The zero-order chi connectivity index (χ0) is 14.5. The molecule has 0 saturated heterocycles. The zero-order valence-corrected chi connectivity index (χ0v) is 12.9. The van der Waals surface area contributed by atoms with Crippen LogP contribution in [0, 0.1) is 6.92 Å². The summed E-state index contributed by atoms with van der Waals surface area (Å²) >= 11 is 1.68. The fraction of sp³-hybridized carbons (Fsp3) is 0.312. The number of carbonyl (C=O) groups is 1. The molecule has 0 N–H and O–H groups in total. The van der Waals surface area contributed by atoms with Crippen LogP contribution in [0.4, 0.5) is 0 Å². The Morgan fingerprint density at radius 1 is 1.25 bits per heavy atom. The number of hydrogen-bond acceptors (Lipinski definition) is 4. The van der Waals surface area contributed by atoms with Crippen LogP contribution >= 0.6 is 11.8 Å². The summed E-state index contributed by atoms with van der Waals surface area (Å²) in [6.45, 7) is 3.06. The van der Waals surface area contributed by atoms with Crippen LogP contribution in [0.3, 0.4) is 0 Å². The van der Waals surface area contributed by atoms with Gasteiger partial charge in [-0.05, 0) is 38.4 Å². The van der Waals surface area contributed by atoms with Crippen molar-refractivity contribution in [1.82, 2.24) is 4.90 Å². The van der Waals surface area contributed by atoms with Gasteiger partial charge in [0, 0.05) is 22.6 Å². The average molecular weight is 289 g/mol. The molecular formula is C16H19NO2S. The first-order chi connectivity index (χ1) is 9.60. The number of furan rings is 1. The van der Waals surface area contributed by atoms with Gasteiger partial charge in [-0.3, -0.25) is 9.69 Å². The van der Waals surface area contributed by atoms with Gasteiger partial charge in [-0.1, -0.05) is 12.1 Å². The Morgan fingerprint density at radius 2 is 1.95 bits per heavy atom. The summed E-state index contributed by atoms with van der Waals surface area (Å²) in [6.07, 6.45) is 3.71. The average Bonchev–Trinajstić information content (AvgIpc) is 2.84. The highest BCUT2D eigenvalue weighted by Gasteiger charge is 2.11. The predicted octanol–water partition coefficient (Wildman–Crippen LogP) is 3.62. The van der Waals surface area contributed by atoms with Gasteiger partial charge in [0.1, 0.15) is 5.76 Å². The number of carbonyl (C=O) groups excluding carboxylic acids is 1. The van der Waals surface area contributed by atoms with Gasteiger partial charge < -0.3 is 4.42 Å². The second-order valence-corrected chi connectivity index (χ2v) is 5.71. The van der Waals surface area contributed by atoms with Crippen molar-refractivity contribution in [2.45, 2.75) is 18.4 Å². The van der Waals surface area contributed by atoms with Crippen LogP contribution in [0.15, 0.2) is 45.9 Å². The smallest absolute Gasteiger partial charge is 0.176 e. The summed E-state index contributed by atoms with van der Waals surface area (Å²) < 4.78 is 5.27. The molecule has 20 heavy (non-hydrogen) atoms. The fourth-order valence-corrected chi connectivity index (χ4v) is 2.44. The Kier molecular flexibility index (Phi) is 5.04. The largest absolute Gasteiger partial charge is 0.469 e. The highest BCUT2D eigenvalue weighted by Crippen LogP contribution is 2.16. The summed E-state index contributed by atoms with van der Waals surface area (Å²) in [5.41, 5.74) is 1.89. The predicted molar refractivity (Wildman–Crippen MR) is 82.3 cm³/mol. The molecule has 0 fully saturated rings. The minimum atomic E-state index is 0.140. The van der Waals surface area contributed by atoms with Crippen molar-refractivity contribution < 1.29 is 9.21 Å². The van der Waals surface area contributed by atoms with E-state index in [0.29, 0.717) is 6.54 Å². The van der Waals surface area contributed by atoms with Crippen LogP contribution in [-0.4, -0.2) is 30.5 Å². The van der Waals surface area contributed by atoms with Crippen molar-refractivity contribution in [2.75, 3.05) is 19.8 Å². The summed E-state index contributed by atoms with van der Waals surface area (Å²) in [6, 6.07) is 9.70. The zero-order valence-electron chi connectivity index (χ0n) is 12.1. The first-order valence-electron chi connectivity index (χ1n) is 6.49. The number of ketones is 1. The molecule has 0 atom stereocenters. The second-order valence-electron chi connectivity index (χ2n) is 4.83. The number of nitrogens with zero attached hydrogens (tertiary/aromatic N) is 1. The van der Waals surface area contributed by atoms with Gasteiger partial charge in [-0.15, -0.1) is 11.8 Å². The maximum Gasteiger partial charge on any atom is 0.176 e. The summed E-state index contributed by atoms with van der Waals surface area (Å²) in [4.78, 5) is 15.4. The van der Waals surface area contributed by atoms with Crippen LogP contribution in [0.25, 0.3) is 0 Å². The van der Waals surface area contributed by atoms with Crippen LogP contribution < -0.4 is 0 Å². The lowest BCUT2D eigenvalue weighted by atomic mass is 10.1. The third-order valence-electron chi connectivity index (χ3n) is 3.23. The molecule has 1 aromatic heterocycles. The topological polar surface area (TPSA) is 33.5 Å². The minimum Gasteiger partial charge on any atom is -0.469 e. The lowest BCUT2D eigenvalue weighted by molar-refractivity contribution is 0.0942. The Hall–Kier alpha value is -1.52. The first-order valence-corrected chi connectivity index (χ1v) is 7.71. The molecule has 0 unspecified atom stereocenters. The molecule has 1 heterocycles. The van der Waals surface area contributed by atoms with Gasteiger partial charge in [-0.2, -0.15) is 0 Å². The molecule has 2 aromatic rings. The molecule has 0 bridgehead atoms. The summed E-state index contributed by atoms with van der Waals surface area (Å²) in [5.74, 6) is 1.05. The normalized spacial score (nSPS) is 11.0. The van der Waals surface area contributed by atoms with Crippen molar-refractivity contribution in [3.63, 3.8) is 0 Å². The van der Waals surface area contributed by atoms with E-state index in [2.05, 4.69) is 0 Å². The SMILES string of the molecule is CSc1ccc(C(=O)CN(C)Cc2ccoc2C)cc1. The molecular weight excluding hydrogens is 270 g/mol. The standard InChI is InChI=1S/C16H19NO2S/c1-12-14(8-9-19-12)10-17(2)11-16(18)13-4-6-15(20-3)7-5-13/h4-9H,10-11H2,1-3H3. The van der Waals surface area contributed by atoms with Crippen LogP contribution in [0.2, 0.25) is 0 Å². The van der Waals surface area contributed by atoms with Gasteiger partial charge in [0.05, 0.1) is 12.8 Å². The van der Waals surface area contributed by atoms with E-state index in [0.717, 1.165) is 23.4 Å². The van der Waals surface area contributed by atoms with Gasteiger partial charge in [0.2, 0.25) is 0 Å². The van der Waals surface area contributed by atoms with Gasteiger partial charge in [0.25, 0.3) is 0 Å². The molecule has 3 nitrogen and oxygen atoms in total. The first kappa shape index (κ1) is 14.9. The van der Waals surface area contributed by atoms with Crippen LogP contribution in [0.1, 0.15) is 21.7 Å². The quantitative estimate of drug-likeness (QED) is 0.600. The van der Waals surface area contributed by atoms with Crippen molar-refractivity contribution in [3.8, 4) is 0 Å². The van der Waals surface area contributed by atoms with Crippen LogP contribution in [0.5, 0.6) is 0 Å². The van der Waals surface area contributed by atoms with Crippen molar-refractivity contribution >= 4 is 17.5 Å². The third kappa shape index (κ3) is 3.74. The maximum absolute atomic E-state index is 12.2. The van der Waals surface area contributed by atoms with E-state index in [4.69, 9.17) is 4.42 Å². The number of Topliss-reactive ketones (excluding diaryl/α,β-unsaturated/α-hetero) is 1. The lowest BCUT2D eigenvalue weighted by Crippen LogP contribution is -2.25. The number of aryl methyl sites for hydroxylation is 1. The Morgan fingerprint density at radius 3 is 2.50 bits per heavy atom. The molecule has 0 aliphatic rings. The van der Waals surface area contributed by atoms with E-state index in [1.54, 1.807) is 18.0 Å². The molecule has 4 heteroatoms. The van der Waals surface area contributed by atoms with E-state index in [1.807, 2.05) is 55.5 Å². The minimum absolute atomic E-state index is 0.140. The molecule has 0 aliphatic heterocycles. The van der Waals surface area contributed by atoms with Gasteiger partial charge >= 0.3 is 0 Å². The molecule has 0 saturated carbocycles. The molecule has 106 valence electrons. The molecule has 2 rings (SSSR count). The Labute approximate surface area is 124 Å². The molecule has 1 aromatic carbocycles. The highest BCUT2D eigenvalue weighted by molar-refractivity contribution is 7.98. The van der Waals surface area contributed by atoms with Crippen molar-refractivity contribution in [2.24, 2.45) is 0 Å². The number of hydrogen-bond donors (Lipinski definition) is 0. The number of likely N-dealkylation sites (N-methyl/N-ethyl adjacent to an activating group) is 1. The van der Waals surface area contributed by atoms with E-state index in [9.17, 15) is 4.79 Å². The van der Waals surface area contributed by atoms with Crippen LogP contribution in [-0.2, 0) is 6.54 Å². The highest BCUT2D eigenvalue weighted by atomic mass is 32.2. The molecule has 0 radical (unpaired) electrons. The Balaban J connectivity index is 1.94. The third-order valence-corrected chi connectivity index (χ3v) is 3.98. The van der Waals surface area contributed by atoms with Crippen molar-refractivity contribution in [1.29, 1.82) is 0 Å². The van der Waals surface area contributed by atoms with E-state index in [1.165, 1.54) is 4.90 Å². The monoisotopic (exact) mass is 289 g/mol. The molecule has 0 amide bonds. The number of benzene rings is 1. The van der Waals surface area contributed by atoms with Gasteiger partial charge in [-0.25, -0.2) is 0 Å². The second kappa shape index (κ2) is 6.77. The van der Waals surface area contributed by atoms with Gasteiger partial charge in [0.15, 0.2) is 5.78 Å².